The number of ketones is 1. The molecule has 31 heavy (non-hydrogen) atoms. The molecule has 1 aliphatic heterocycles. The molecule has 0 aromatic heterocycles. The third-order valence-corrected chi connectivity index (χ3v) is 5.25. The molecule has 3 N–H and O–H groups in total. The van der Waals surface area contributed by atoms with Gasteiger partial charge in [0.1, 0.15) is 0 Å². The van der Waals surface area contributed by atoms with E-state index in [1.807, 2.05) is 55.5 Å². The molecule has 3 aromatic carbocycles. The van der Waals surface area contributed by atoms with Crippen LogP contribution in [0.25, 0.3) is 5.70 Å². The number of nitrogens with one attached hydrogen (secondary N) is 2. The van der Waals surface area contributed by atoms with Crippen molar-refractivity contribution in [1.29, 1.82) is 0 Å². The third-order valence-electron chi connectivity index (χ3n) is 5.03. The van der Waals surface area contributed by atoms with Crippen molar-refractivity contribution < 1.29 is 14.6 Å². The van der Waals surface area contributed by atoms with Crippen molar-refractivity contribution in [3.8, 4) is 11.5 Å². The first-order valence-corrected chi connectivity index (χ1v) is 10.4. The zero-order valence-electron chi connectivity index (χ0n) is 17.0. The molecule has 0 amide bonds. The Morgan fingerprint density at radius 2 is 1.71 bits per heavy atom. The summed E-state index contributed by atoms with van der Waals surface area (Å²) in [5.41, 5.74) is 3.40. The Kier molecular flexibility index (Phi) is 6.00. The molecule has 1 heterocycles. The maximum absolute atomic E-state index is 13.7. The van der Waals surface area contributed by atoms with Gasteiger partial charge in [-0.2, -0.15) is 0 Å². The van der Waals surface area contributed by atoms with Crippen LogP contribution in [0.2, 0.25) is 0 Å². The van der Waals surface area contributed by atoms with Crippen molar-refractivity contribution in [2.24, 2.45) is 0 Å². The Labute approximate surface area is 186 Å². The van der Waals surface area contributed by atoms with Gasteiger partial charge >= 0.3 is 0 Å². The number of hydrogen-bond acceptors (Lipinski definition) is 4. The summed E-state index contributed by atoms with van der Waals surface area (Å²) in [5.74, 6) is 0.294. The topological polar surface area (TPSA) is 70.6 Å². The number of rotatable bonds is 6. The SMILES string of the molecule is CCOc1cc([C@@H]2NC(=S)NC(c3ccccc3)=C2C(=O)c2ccccc2)ccc1O. The summed E-state index contributed by atoms with van der Waals surface area (Å²) in [4.78, 5) is 13.7. The number of phenolic OH excluding ortho intramolecular Hbond substituents is 1. The predicted octanol–water partition coefficient (Wildman–Crippen LogP) is 4.60. The Bertz CT molecular complexity index is 1140. The summed E-state index contributed by atoms with van der Waals surface area (Å²) in [5, 5.41) is 17.0. The molecule has 4 rings (SSSR count). The highest BCUT2D eigenvalue weighted by Crippen LogP contribution is 2.37. The van der Waals surface area contributed by atoms with Crippen LogP contribution in [-0.4, -0.2) is 22.6 Å². The molecule has 0 fully saturated rings. The highest BCUT2D eigenvalue weighted by Gasteiger charge is 2.33. The summed E-state index contributed by atoms with van der Waals surface area (Å²) in [6.07, 6.45) is 0. The van der Waals surface area contributed by atoms with Gasteiger partial charge in [0, 0.05) is 5.56 Å². The van der Waals surface area contributed by atoms with Crippen LogP contribution in [0, 0.1) is 0 Å². The molecule has 0 bridgehead atoms. The highest BCUT2D eigenvalue weighted by molar-refractivity contribution is 7.80. The van der Waals surface area contributed by atoms with Crippen LogP contribution in [-0.2, 0) is 0 Å². The van der Waals surface area contributed by atoms with Gasteiger partial charge in [0.2, 0.25) is 0 Å². The molecule has 0 radical (unpaired) electrons. The van der Waals surface area contributed by atoms with Gasteiger partial charge in [0.15, 0.2) is 22.4 Å². The van der Waals surface area contributed by atoms with E-state index in [0.29, 0.717) is 34.3 Å². The van der Waals surface area contributed by atoms with Crippen molar-refractivity contribution in [3.05, 3.63) is 101 Å². The molecule has 0 saturated carbocycles. The van der Waals surface area contributed by atoms with Crippen LogP contribution in [0.5, 0.6) is 11.5 Å². The largest absolute Gasteiger partial charge is 0.504 e. The first-order valence-electron chi connectivity index (χ1n) is 10.0. The van der Waals surface area contributed by atoms with Crippen molar-refractivity contribution in [2.75, 3.05) is 6.61 Å². The second-order valence-electron chi connectivity index (χ2n) is 7.04. The molecule has 0 saturated heterocycles. The average Bonchev–Trinajstić information content (AvgIpc) is 2.81. The third kappa shape index (κ3) is 4.29. The number of Topliss-reactive ketones (excluding diaryl/α,β-unsaturated/α-hetero) is 1. The van der Waals surface area contributed by atoms with E-state index in [9.17, 15) is 9.90 Å². The van der Waals surface area contributed by atoms with E-state index >= 15 is 0 Å². The predicted molar refractivity (Wildman–Crippen MR) is 125 cm³/mol. The van der Waals surface area contributed by atoms with Crippen LogP contribution in [0.1, 0.15) is 34.5 Å². The van der Waals surface area contributed by atoms with Gasteiger partial charge in [-0.3, -0.25) is 4.79 Å². The lowest BCUT2D eigenvalue weighted by Crippen LogP contribution is -2.44. The summed E-state index contributed by atoms with van der Waals surface area (Å²) in [6, 6.07) is 23.4. The van der Waals surface area contributed by atoms with Gasteiger partial charge in [-0.15, -0.1) is 0 Å². The van der Waals surface area contributed by atoms with Crippen LogP contribution >= 0.6 is 12.2 Å². The Morgan fingerprint density at radius 1 is 1.03 bits per heavy atom. The number of carbonyl (C=O) groups excluding carboxylic acids is 1. The fourth-order valence-corrected chi connectivity index (χ4v) is 3.84. The van der Waals surface area contributed by atoms with Gasteiger partial charge in [0.05, 0.1) is 23.9 Å². The van der Waals surface area contributed by atoms with Crippen LogP contribution in [0.4, 0.5) is 0 Å². The molecular formula is C25H22N2O3S. The second-order valence-corrected chi connectivity index (χ2v) is 7.45. The standard InChI is InChI=1S/C25H22N2O3S/c1-2-30-20-15-18(13-14-19(20)28)23-21(24(29)17-11-7-4-8-12-17)22(26-25(31)27-23)16-9-5-3-6-10-16/h3-15,23,28H,2H2,1H3,(H2,26,27,31)/t23-/m0/s1. The van der Waals surface area contributed by atoms with E-state index in [1.54, 1.807) is 30.3 Å². The molecule has 5 nitrogen and oxygen atoms in total. The fraction of sp³-hybridized carbons (Fsp3) is 0.120. The Morgan fingerprint density at radius 3 is 2.39 bits per heavy atom. The number of ether oxygens (including phenoxy) is 1. The lowest BCUT2D eigenvalue weighted by Gasteiger charge is -2.32. The van der Waals surface area contributed by atoms with Gasteiger partial charge in [-0.1, -0.05) is 66.7 Å². The number of carbonyl (C=O) groups is 1. The van der Waals surface area contributed by atoms with E-state index in [0.717, 1.165) is 11.1 Å². The lowest BCUT2D eigenvalue weighted by atomic mass is 9.87. The van der Waals surface area contributed by atoms with Crippen molar-refractivity contribution in [2.45, 2.75) is 13.0 Å². The summed E-state index contributed by atoms with van der Waals surface area (Å²) < 4.78 is 5.56. The van der Waals surface area contributed by atoms with Crippen molar-refractivity contribution >= 4 is 28.8 Å². The van der Waals surface area contributed by atoms with E-state index in [4.69, 9.17) is 17.0 Å². The van der Waals surface area contributed by atoms with E-state index in [1.165, 1.54) is 0 Å². The molecule has 0 aliphatic carbocycles. The minimum Gasteiger partial charge on any atom is -0.504 e. The molecule has 1 atom stereocenters. The summed E-state index contributed by atoms with van der Waals surface area (Å²) >= 11 is 5.48. The average molecular weight is 431 g/mol. The van der Waals surface area contributed by atoms with Gasteiger partial charge in [-0.25, -0.2) is 0 Å². The van der Waals surface area contributed by atoms with Crippen LogP contribution in [0.15, 0.2) is 84.4 Å². The van der Waals surface area contributed by atoms with Crippen molar-refractivity contribution in [3.63, 3.8) is 0 Å². The summed E-state index contributed by atoms with van der Waals surface area (Å²) in [7, 11) is 0. The Hall–Kier alpha value is -3.64. The summed E-state index contributed by atoms with van der Waals surface area (Å²) in [6.45, 7) is 2.26. The van der Waals surface area contributed by atoms with Crippen molar-refractivity contribution in [1.82, 2.24) is 10.6 Å². The minimum atomic E-state index is -0.517. The molecule has 156 valence electrons. The van der Waals surface area contributed by atoms with E-state index in [2.05, 4.69) is 10.6 Å². The van der Waals surface area contributed by atoms with E-state index in [-0.39, 0.29) is 11.5 Å². The number of hydrogen-bond donors (Lipinski definition) is 3. The number of benzene rings is 3. The maximum atomic E-state index is 13.7. The van der Waals surface area contributed by atoms with Crippen LogP contribution < -0.4 is 15.4 Å². The Balaban J connectivity index is 1.91. The normalized spacial score (nSPS) is 15.8. The maximum Gasteiger partial charge on any atom is 0.193 e. The van der Waals surface area contributed by atoms with Gasteiger partial charge in [-0.05, 0) is 42.4 Å². The number of aromatic hydroxyl groups is 1. The quantitative estimate of drug-likeness (QED) is 0.392. The van der Waals surface area contributed by atoms with Gasteiger partial charge < -0.3 is 20.5 Å². The molecule has 1 aliphatic rings. The number of phenols is 1. The molecule has 3 aromatic rings. The van der Waals surface area contributed by atoms with E-state index < -0.39 is 6.04 Å². The highest BCUT2D eigenvalue weighted by atomic mass is 32.1. The monoisotopic (exact) mass is 430 g/mol. The minimum absolute atomic E-state index is 0.0466. The number of thiocarbonyl (C=S) groups is 1. The fourth-order valence-electron chi connectivity index (χ4n) is 3.62. The van der Waals surface area contributed by atoms with Gasteiger partial charge in [0.25, 0.3) is 0 Å². The second kappa shape index (κ2) is 9.02. The molecule has 0 spiro atoms. The molecular weight excluding hydrogens is 408 g/mol. The molecule has 6 heteroatoms. The zero-order valence-corrected chi connectivity index (χ0v) is 17.8. The first-order chi connectivity index (χ1) is 15.1. The smallest absolute Gasteiger partial charge is 0.193 e. The van der Waals surface area contributed by atoms with Crippen LogP contribution in [0.3, 0.4) is 0 Å². The lowest BCUT2D eigenvalue weighted by molar-refractivity contribution is 0.102. The first kappa shape index (κ1) is 20.6. The zero-order chi connectivity index (χ0) is 21.8. The molecule has 0 unspecified atom stereocenters.